The van der Waals surface area contributed by atoms with Crippen molar-refractivity contribution in [1.29, 1.82) is 0 Å². The summed E-state index contributed by atoms with van der Waals surface area (Å²) in [5.74, 6) is -3.55. The molecule has 0 amide bonds. The maximum atomic E-state index is 14.2. The molecule has 124 valence electrons. The molecule has 1 N–H and O–H groups in total. The lowest BCUT2D eigenvalue weighted by atomic mass is 10.1. The van der Waals surface area contributed by atoms with E-state index in [-0.39, 0.29) is 27.2 Å². The van der Waals surface area contributed by atoms with E-state index in [1.165, 1.54) is 0 Å². The van der Waals surface area contributed by atoms with E-state index in [0.29, 0.717) is 6.07 Å². The van der Waals surface area contributed by atoms with Crippen LogP contribution in [-0.4, -0.2) is 24.6 Å². The third-order valence-corrected chi connectivity index (χ3v) is 4.48. The zero-order chi connectivity index (χ0) is 17.6. The summed E-state index contributed by atoms with van der Waals surface area (Å²) in [5.41, 5.74) is -1.11. The Balaban J connectivity index is 2.24. The molecule has 0 radical (unpaired) electrons. The Kier molecular flexibility index (Phi) is 3.67. The highest BCUT2D eigenvalue weighted by molar-refractivity contribution is 7.90. The molecule has 0 aliphatic rings. The second-order valence-corrected chi connectivity index (χ2v) is 7.13. The highest BCUT2D eigenvalue weighted by Crippen LogP contribution is 2.23. The van der Waals surface area contributed by atoms with Gasteiger partial charge in [-0.15, -0.1) is 0 Å². The van der Waals surface area contributed by atoms with Gasteiger partial charge >= 0.3 is 0 Å². The summed E-state index contributed by atoms with van der Waals surface area (Å²) >= 11 is 0. The number of nitrogens with one attached hydrogen (secondary N) is 1. The zero-order valence-corrected chi connectivity index (χ0v) is 12.9. The molecule has 0 aliphatic heterocycles. The molecular formula is C15H9F3N2O3S. The monoisotopic (exact) mass is 354 g/mol. The Morgan fingerprint density at radius 3 is 2.29 bits per heavy atom. The number of hydrogen-bond acceptors (Lipinski definition) is 4. The minimum absolute atomic E-state index is 0.153. The van der Waals surface area contributed by atoms with Crippen LogP contribution in [0.15, 0.2) is 40.0 Å². The fourth-order valence-corrected chi connectivity index (χ4v) is 2.81. The van der Waals surface area contributed by atoms with E-state index >= 15 is 0 Å². The third kappa shape index (κ3) is 2.78. The summed E-state index contributed by atoms with van der Waals surface area (Å²) in [6, 6.07) is 4.51. The quantitative estimate of drug-likeness (QED) is 0.766. The Bertz CT molecular complexity index is 1140. The number of fused-ring (bicyclic) bond motifs is 1. The Hall–Kier alpha value is -2.68. The van der Waals surface area contributed by atoms with Crippen molar-refractivity contribution in [2.75, 3.05) is 6.26 Å². The van der Waals surface area contributed by atoms with Gasteiger partial charge in [-0.2, -0.15) is 0 Å². The molecule has 0 aliphatic carbocycles. The predicted octanol–water partition coefficient (Wildman–Crippen LogP) is 2.41. The minimum Gasteiger partial charge on any atom is -0.306 e. The maximum absolute atomic E-state index is 14.2. The first-order chi connectivity index (χ1) is 11.2. The van der Waals surface area contributed by atoms with Crippen molar-refractivity contribution < 1.29 is 21.6 Å². The maximum Gasteiger partial charge on any atom is 0.259 e. The molecule has 1 aromatic heterocycles. The lowest BCUT2D eigenvalue weighted by molar-refractivity contribution is 0.510. The van der Waals surface area contributed by atoms with E-state index < -0.39 is 32.8 Å². The van der Waals surface area contributed by atoms with Crippen LogP contribution in [0.1, 0.15) is 0 Å². The number of H-pyrrole nitrogens is 1. The normalized spacial score (nSPS) is 11.8. The molecule has 0 fully saturated rings. The van der Waals surface area contributed by atoms with Crippen LogP contribution in [0.3, 0.4) is 0 Å². The number of benzene rings is 2. The topological polar surface area (TPSA) is 79.9 Å². The summed E-state index contributed by atoms with van der Waals surface area (Å²) < 4.78 is 63.5. The summed E-state index contributed by atoms with van der Waals surface area (Å²) in [6.45, 7) is 0. The van der Waals surface area contributed by atoms with Gasteiger partial charge in [0.1, 0.15) is 11.6 Å². The first-order valence-electron chi connectivity index (χ1n) is 6.56. The van der Waals surface area contributed by atoms with Gasteiger partial charge in [0, 0.05) is 12.3 Å². The van der Waals surface area contributed by atoms with E-state index in [1.807, 2.05) is 0 Å². The Labute approximate surface area is 133 Å². The van der Waals surface area contributed by atoms with Crippen LogP contribution in [0, 0.1) is 17.5 Å². The number of sulfone groups is 1. The second kappa shape index (κ2) is 5.45. The molecule has 1 heterocycles. The predicted molar refractivity (Wildman–Crippen MR) is 80.8 cm³/mol. The van der Waals surface area contributed by atoms with E-state index in [0.717, 1.165) is 30.5 Å². The van der Waals surface area contributed by atoms with E-state index in [1.54, 1.807) is 0 Å². The van der Waals surface area contributed by atoms with Crippen LogP contribution in [-0.2, 0) is 9.84 Å². The molecule has 0 unspecified atom stereocenters. The van der Waals surface area contributed by atoms with Crippen molar-refractivity contribution in [3.8, 4) is 11.4 Å². The molecule has 0 bridgehead atoms. The minimum atomic E-state index is -3.60. The van der Waals surface area contributed by atoms with Gasteiger partial charge in [-0.3, -0.25) is 4.79 Å². The number of nitrogens with zero attached hydrogens (tertiary/aromatic N) is 1. The Morgan fingerprint density at radius 1 is 1.00 bits per heavy atom. The van der Waals surface area contributed by atoms with Crippen molar-refractivity contribution >= 4 is 20.7 Å². The number of halogens is 3. The SMILES string of the molecule is CS(=O)(=O)c1ccc(-c2nc3cc(F)c(F)cc3c(=O)[nH]2)c(F)c1. The molecule has 0 atom stereocenters. The molecule has 3 rings (SSSR count). The number of hydrogen-bond donors (Lipinski definition) is 1. The number of rotatable bonds is 2. The van der Waals surface area contributed by atoms with Gasteiger partial charge in [0.25, 0.3) is 5.56 Å². The first-order valence-corrected chi connectivity index (χ1v) is 8.45. The van der Waals surface area contributed by atoms with Crippen LogP contribution in [0.25, 0.3) is 22.3 Å². The fraction of sp³-hybridized carbons (Fsp3) is 0.0667. The van der Waals surface area contributed by atoms with Gasteiger partial charge in [0.2, 0.25) is 0 Å². The standard InChI is InChI=1S/C15H9F3N2O3S/c1-24(22,23)7-2-3-8(10(16)4-7)14-19-13-6-12(18)11(17)5-9(13)15(21)20-14/h2-6H,1H3,(H,19,20,21). The smallest absolute Gasteiger partial charge is 0.259 e. The van der Waals surface area contributed by atoms with E-state index in [4.69, 9.17) is 0 Å². The van der Waals surface area contributed by atoms with Crippen molar-refractivity contribution in [3.63, 3.8) is 0 Å². The van der Waals surface area contributed by atoms with Gasteiger partial charge in [-0.05, 0) is 24.3 Å². The van der Waals surface area contributed by atoms with Crippen molar-refractivity contribution in [1.82, 2.24) is 9.97 Å². The molecule has 0 spiro atoms. The lowest BCUT2D eigenvalue weighted by Gasteiger charge is -2.06. The molecule has 9 heteroatoms. The largest absolute Gasteiger partial charge is 0.306 e. The number of aromatic nitrogens is 2. The van der Waals surface area contributed by atoms with Crippen molar-refractivity contribution in [3.05, 3.63) is 58.1 Å². The van der Waals surface area contributed by atoms with Crippen molar-refractivity contribution in [2.24, 2.45) is 0 Å². The summed E-state index contributed by atoms with van der Waals surface area (Å²) in [4.78, 5) is 17.9. The highest BCUT2D eigenvalue weighted by Gasteiger charge is 2.16. The summed E-state index contributed by atoms with van der Waals surface area (Å²) in [7, 11) is -3.60. The van der Waals surface area contributed by atoms with E-state index in [2.05, 4.69) is 9.97 Å². The average Bonchev–Trinajstić information content (AvgIpc) is 2.48. The van der Waals surface area contributed by atoms with Crippen LogP contribution in [0.4, 0.5) is 13.2 Å². The van der Waals surface area contributed by atoms with Crippen LogP contribution < -0.4 is 5.56 Å². The molecule has 2 aromatic carbocycles. The van der Waals surface area contributed by atoms with Gasteiger partial charge in [-0.1, -0.05) is 0 Å². The second-order valence-electron chi connectivity index (χ2n) is 5.11. The lowest BCUT2D eigenvalue weighted by Crippen LogP contribution is -2.11. The van der Waals surface area contributed by atoms with Crippen molar-refractivity contribution in [2.45, 2.75) is 4.90 Å². The van der Waals surface area contributed by atoms with Gasteiger partial charge in [0.15, 0.2) is 21.5 Å². The summed E-state index contributed by atoms with van der Waals surface area (Å²) in [6.07, 6.45) is 0.926. The van der Waals surface area contributed by atoms with Crippen LogP contribution in [0.5, 0.6) is 0 Å². The molecule has 3 aromatic rings. The molecule has 24 heavy (non-hydrogen) atoms. The fourth-order valence-electron chi connectivity index (χ4n) is 2.18. The summed E-state index contributed by atoms with van der Waals surface area (Å²) in [5, 5.41) is -0.189. The molecular weight excluding hydrogens is 345 g/mol. The molecule has 0 saturated heterocycles. The Morgan fingerprint density at radius 2 is 1.67 bits per heavy atom. The highest BCUT2D eigenvalue weighted by atomic mass is 32.2. The first kappa shape index (κ1) is 16.2. The molecule has 0 saturated carbocycles. The third-order valence-electron chi connectivity index (χ3n) is 3.37. The number of aromatic amines is 1. The zero-order valence-electron chi connectivity index (χ0n) is 12.1. The average molecular weight is 354 g/mol. The van der Waals surface area contributed by atoms with Crippen LogP contribution >= 0.6 is 0 Å². The van der Waals surface area contributed by atoms with Crippen LogP contribution in [0.2, 0.25) is 0 Å². The van der Waals surface area contributed by atoms with Gasteiger partial charge in [0.05, 0.1) is 21.4 Å². The van der Waals surface area contributed by atoms with E-state index in [9.17, 15) is 26.4 Å². The van der Waals surface area contributed by atoms with Gasteiger partial charge in [-0.25, -0.2) is 26.6 Å². The molecule has 5 nitrogen and oxygen atoms in total. The van der Waals surface area contributed by atoms with Gasteiger partial charge < -0.3 is 4.98 Å².